The Morgan fingerprint density at radius 2 is 2.11 bits per heavy atom. The number of anilines is 1. The summed E-state index contributed by atoms with van der Waals surface area (Å²) < 4.78 is 13.8. The zero-order valence-electron chi connectivity index (χ0n) is 10.6. The van der Waals surface area contributed by atoms with Crippen LogP contribution in [0.5, 0.6) is 0 Å². The van der Waals surface area contributed by atoms with Gasteiger partial charge in [0.25, 0.3) is 0 Å². The van der Waals surface area contributed by atoms with Crippen molar-refractivity contribution in [2.45, 2.75) is 13.8 Å². The van der Waals surface area contributed by atoms with E-state index in [1.54, 1.807) is 18.3 Å². The number of aromatic nitrogens is 1. The van der Waals surface area contributed by atoms with Crippen LogP contribution in [-0.4, -0.2) is 10.7 Å². The first-order chi connectivity index (χ1) is 9.06. The number of halogens is 2. The minimum Gasteiger partial charge on any atom is -0.278 e. The Morgan fingerprint density at radius 3 is 2.79 bits per heavy atom. The van der Waals surface area contributed by atoms with E-state index in [-0.39, 0.29) is 5.82 Å². The summed E-state index contributed by atoms with van der Waals surface area (Å²) in [7, 11) is 0. The van der Waals surface area contributed by atoms with E-state index in [9.17, 15) is 4.39 Å². The highest BCUT2D eigenvalue weighted by atomic mass is 79.9. The van der Waals surface area contributed by atoms with E-state index in [4.69, 9.17) is 0 Å². The van der Waals surface area contributed by atoms with E-state index >= 15 is 0 Å². The summed E-state index contributed by atoms with van der Waals surface area (Å²) >= 11 is 3.11. The molecule has 0 aliphatic rings. The lowest BCUT2D eigenvalue weighted by molar-refractivity contribution is 0.621. The molecule has 1 aromatic carbocycles. The lowest BCUT2D eigenvalue weighted by Crippen LogP contribution is -2.00. The number of hydrogen-bond donors (Lipinski definition) is 1. The van der Waals surface area contributed by atoms with Crippen molar-refractivity contribution in [3.8, 4) is 0 Å². The number of pyridine rings is 1. The third-order valence-corrected chi connectivity index (χ3v) is 3.23. The van der Waals surface area contributed by atoms with Crippen molar-refractivity contribution in [3.63, 3.8) is 0 Å². The maximum Gasteiger partial charge on any atom is 0.139 e. The number of hydrogen-bond acceptors (Lipinski definition) is 3. The SMILES string of the molecule is C/C(=N\Nc1ccc(Br)c(F)c1)c1ccnc(C)c1. The fraction of sp³-hybridized carbons (Fsp3) is 0.143. The summed E-state index contributed by atoms with van der Waals surface area (Å²) in [5.74, 6) is -0.322. The number of benzene rings is 1. The largest absolute Gasteiger partial charge is 0.278 e. The fourth-order valence-corrected chi connectivity index (χ4v) is 1.80. The molecule has 98 valence electrons. The Kier molecular flexibility index (Phi) is 4.27. The predicted molar refractivity (Wildman–Crippen MR) is 78.9 cm³/mol. The molecule has 5 heteroatoms. The Hall–Kier alpha value is -1.75. The molecule has 19 heavy (non-hydrogen) atoms. The third-order valence-electron chi connectivity index (χ3n) is 2.59. The second-order valence-electron chi connectivity index (χ2n) is 4.12. The highest BCUT2D eigenvalue weighted by molar-refractivity contribution is 9.10. The normalized spacial score (nSPS) is 11.5. The monoisotopic (exact) mass is 321 g/mol. The van der Waals surface area contributed by atoms with Crippen LogP contribution in [0, 0.1) is 12.7 Å². The summed E-state index contributed by atoms with van der Waals surface area (Å²) in [6, 6.07) is 8.61. The van der Waals surface area contributed by atoms with Gasteiger partial charge in [-0.1, -0.05) is 0 Å². The summed E-state index contributed by atoms with van der Waals surface area (Å²) in [6.45, 7) is 3.81. The minimum absolute atomic E-state index is 0.322. The summed E-state index contributed by atoms with van der Waals surface area (Å²) in [5, 5.41) is 4.23. The highest BCUT2D eigenvalue weighted by Gasteiger charge is 2.01. The maximum absolute atomic E-state index is 13.3. The molecule has 0 spiro atoms. The first kappa shape index (κ1) is 13.7. The van der Waals surface area contributed by atoms with Crippen LogP contribution in [0.15, 0.2) is 46.1 Å². The van der Waals surface area contributed by atoms with E-state index in [1.165, 1.54) is 6.07 Å². The van der Waals surface area contributed by atoms with Crippen LogP contribution >= 0.6 is 15.9 Å². The molecule has 0 aliphatic carbocycles. The topological polar surface area (TPSA) is 37.3 Å². The molecule has 2 aromatic rings. The van der Waals surface area contributed by atoms with Gasteiger partial charge in [0.15, 0.2) is 0 Å². The second-order valence-corrected chi connectivity index (χ2v) is 4.98. The Morgan fingerprint density at radius 1 is 1.32 bits per heavy atom. The summed E-state index contributed by atoms with van der Waals surface area (Å²) in [4.78, 5) is 4.13. The molecule has 0 fully saturated rings. The molecule has 1 N–H and O–H groups in total. The van der Waals surface area contributed by atoms with Gasteiger partial charge in [0.2, 0.25) is 0 Å². The van der Waals surface area contributed by atoms with Crippen LogP contribution in [0.2, 0.25) is 0 Å². The minimum atomic E-state index is -0.322. The number of aryl methyl sites for hydroxylation is 1. The highest BCUT2D eigenvalue weighted by Crippen LogP contribution is 2.19. The van der Waals surface area contributed by atoms with Crippen molar-refractivity contribution < 1.29 is 4.39 Å². The van der Waals surface area contributed by atoms with E-state index in [0.717, 1.165) is 17.0 Å². The molecule has 0 saturated heterocycles. The zero-order valence-corrected chi connectivity index (χ0v) is 12.2. The van der Waals surface area contributed by atoms with Crippen LogP contribution in [0.1, 0.15) is 18.2 Å². The van der Waals surface area contributed by atoms with Gasteiger partial charge in [-0.3, -0.25) is 10.4 Å². The van der Waals surface area contributed by atoms with Crippen LogP contribution in [-0.2, 0) is 0 Å². The van der Waals surface area contributed by atoms with Gasteiger partial charge in [-0.25, -0.2) is 4.39 Å². The predicted octanol–water partition coefficient (Wildman–Crippen LogP) is 4.13. The van der Waals surface area contributed by atoms with Crippen molar-refractivity contribution in [3.05, 3.63) is 58.1 Å². The van der Waals surface area contributed by atoms with Crippen molar-refractivity contribution in [2.24, 2.45) is 5.10 Å². The zero-order chi connectivity index (χ0) is 13.8. The first-order valence-electron chi connectivity index (χ1n) is 5.74. The Labute approximate surface area is 119 Å². The fourth-order valence-electron chi connectivity index (χ4n) is 1.55. The van der Waals surface area contributed by atoms with Crippen molar-refractivity contribution in [2.75, 3.05) is 5.43 Å². The molecule has 3 nitrogen and oxygen atoms in total. The van der Waals surface area contributed by atoms with Gasteiger partial charge >= 0.3 is 0 Å². The van der Waals surface area contributed by atoms with Gasteiger partial charge in [-0.05, 0) is 54.0 Å². The number of rotatable bonds is 3. The van der Waals surface area contributed by atoms with Gasteiger partial charge < -0.3 is 0 Å². The van der Waals surface area contributed by atoms with Crippen LogP contribution in [0.25, 0.3) is 0 Å². The molecule has 1 aromatic heterocycles. The molecule has 0 amide bonds. The van der Waals surface area contributed by atoms with Crippen molar-refractivity contribution in [1.29, 1.82) is 0 Å². The molecular formula is C14H13BrFN3. The quantitative estimate of drug-likeness (QED) is 0.681. The van der Waals surface area contributed by atoms with E-state index in [2.05, 4.69) is 31.4 Å². The average molecular weight is 322 g/mol. The van der Waals surface area contributed by atoms with Gasteiger partial charge in [0.1, 0.15) is 5.82 Å². The van der Waals surface area contributed by atoms with Gasteiger partial charge in [-0.2, -0.15) is 5.10 Å². The van der Waals surface area contributed by atoms with Gasteiger partial charge in [0, 0.05) is 23.5 Å². The first-order valence-corrected chi connectivity index (χ1v) is 6.54. The average Bonchev–Trinajstić information content (AvgIpc) is 2.40. The lowest BCUT2D eigenvalue weighted by Gasteiger charge is -2.05. The molecule has 0 radical (unpaired) electrons. The van der Waals surface area contributed by atoms with Gasteiger partial charge in [0.05, 0.1) is 15.9 Å². The molecule has 0 saturated carbocycles. The standard InChI is InChI=1S/C14H13BrFN3/c1-9-7-11(5-6-17-9)10(2)18-19-12-3-4-13(15)14(16)8-12/h3-8,19H,1-2H3/b18-10+. The van der Waals surface area contributed by atoms with E-state index in [1.807, 2.05) is 26.0 Å². The molecule has 0 unspecified atom stereocenters. The summed E-state index contributed by atoms with van der Waals surface area (Å²) in [6.07, 6.45) is 1.74. The molecule has 0 aliphatic heterocycles. The smallest absolute Gasteiger partial charge is 0.139 e. The second kappa shape index (κ2) is 5.93. The Balaban J connectivity index is 2.15. The van der Waals surface area contributed by atoms with Gasteiger partial charge in [-0.15, -0.1) is 0 Å². The molecule has 0 atom stereocenters. The third kappa shape index (κ3) is 3.61. The maximum atomic E-state index is 13.3. The van der Waals surface area contributed by atoms with Crippen molar-refractivity contribution >= 4 is 27.3 Å². The Bertz CT molecular complexity index is 626. The van der Waals surface area contributed by atoms with Crippen LogP contribution < -0.4 is 5.43 Å². The lowest BCUT2D eigenvalue weighted by atomic mass is 10.1. The van der Waals surface area contributed by atoms with Crippen LogP contribution in [0.3, 0.4) is 0 Å². The number of nitrogens with one attached hydrogen (secondary N) is 1. The van der Waals surface area contributed by atoms with E-state index < -0.39 is 0 Å². The number of nitrogens with zero attached hydrogens (tertiary/aromatic N) is 2. The number of hydrazone groups is 1. The molecule has 2 rings (SSSR count). The van der Waals surface area contributed by atoms with Crippen molar-refractivity contribution in [1.82, 2.24) is 4.98 Å². The molecular weight excluding hydrogens is 309 g/mol. The molecule has 0 bridgehead atoms. The summed E-state index contributed by atoms with van der Waals surface area (Å²) in [5.41, 5.74) is 6.17. The molecule has 1 heterocycles. The van der Waals surface area contributed by atoms with E-state index in [0.29, 0.717) is 10.2 Å². The van der Waals surface area contributed by atoms with Crippen LogP contribution in [0.4, 0.5) is 10.1 Å².